The normalized spacial score (nSPS) is 16.4. The summed E-state index contributed by atoms with van der Waals surface area (Å²) in [6.07, 6.45) is 6.42. The van der Waals surface area contributed by atoms with Crippen molar-refractivity contribution in [3.63, 3.8) is 0 Å². The molecule has 0 unspecified atom stereocenters. The zero-order chi connectivity index (χ0) is 17.3. The van der Waals surface area contributed by atoms with Gasteiger partial charge in [0.1, 0.15) is 0 Å². The van der Waals surface area contributed by atoms with Crippen molar-refractivity contribution in [2.24, 2.45) is 10.4 Å². The molecular formula is C20H34IN3O. The molecule has 1 aromatic carbocycles. The summed E-state index contributed by atoms with van der Waals surface area (Å²) in [5.74, 6) is 0.974. The fourth-order valence-electron chi connectivity index (χ4n) is 3.44. The Hall–Kier alpha value is -0.820. The van der Waals surface area contributed by atoms with Crippen molar-refractivity contribution in [1.29, 1.82) is 0 Å². The predicted octanol–water partition coefficient (Wildman–Crippen LogP) is 4.30. The van der Waals surface area contributed by atoms with Gasteiger partial charge >= 0.3 is 0 Å². The highest BCUT2D eigenvalue weighted by Crippen LogP contribution is 2.40. The number of hydrogen-bond donors (Lipinski definition) is 1. The Morgan fingerprint density at radius 2 is 1.88 bits per heavy atom. The topological polar surface area (TPSA) is 36.9 Å². The summed E-state index contributed by atoms with van der Waals surface area (Å²) in [5.41, 5.74) is 1.61. The molecule has 0 aliphatic heterocycles. The first kappa shape index (κ1) is 22.2. The van der Waals surface area contributed by atoms with Crippen LogP contribution in [0.25, 0.3) is 0 Å². The second-order valence-electron chi connectivity index (χ2n) is 7.03. The van der Waals surface area contributed by atoms with E-state index < -0.39 is 0 Å². The van der Waals surface area contributed by atoms with Crippen LogP contribution in [0.5, 0.6) is 0 Å². The minimum absolute atomic E-state index is 0. The summed E-state index contributed by atoms with van der Waals surface area (Å²) in [5, 5.41) is 3.62. The predicted molar refractivity (Wildman–Crippen MR) is 117 cm³/mol. The van der Waals surface area contributed by atoms with E-state index in [1.54, 1.807) is 0 Å². The van der Waals surface area contributed by atoms with Crippen molar-refractivity contribution in [1.82, 2.24) is 10.2 Å². The molecule has 1 aromatic rings. The van der Waals surface area contributed by atoms with Gasteiger partial charge in [-0.3, -0.25) is 0 Å². The minimum atomic E-state index is 0. The second-order valence-corrected chi connectivity index (χ2v) is 7.03. The van der Waals surface area contributed by atoms with Crippen molar-refractivity contribution >= 4 is 29.9 Å². The molecule has 1 N–H and O–H groups in total. The number of guanidine groups is 1. The van der Waals surface area contributed by atoms with E-state index in [4.69, 9.17) is 9.73 Å². The molecule has 0 bridgehead atoms. The van der Waals surface area contributed by atoms with Crippen LogP contribution in [0.2, 0.25) is 0 Å². The maximum atomic E-state index is 5.61. The maximum absolute atomic E-state index is 5.61. The van der Waals surface area contributed by atoms with Gasteiger partial charge in [0.25, 0.3) is 0 Å². The lowest BCUT2D eigenvalue weighted by Gasteiger charge is -2.31. The Balaban J connectivity index is 0.00000312. The molecule has 25 heavy (non-hydrogen) atoms. The molecule has 1 fully saturated rings. The maximum Gasteiger partial charge on any atom is 0.193 e. The summed E-state index contributed by atoms with van der Waals surface area (Å²) < 4.78 is 5.61. The van der Waals surface area contributed by atoms with Gasteiger partial charge in [0, 0.05) is 33.9 Å². The molecule has 5 heteroatoms. The van der Waals surface area contributed by atoms with Crippen molar-refractivity contribution in [2.45, 2.75) is 45.6 Å². The minimum Gasteiger partial charge on any atom is -0.382 e. The first-order valence-electron chi connectivity index (χ1n) is 9.22. The number of hydrogen-bond acceptors (Lipinski definition) is 2. The van der Waals surface area contributed by atoms with Crippen LogP contribution >= 0.6 is 24.0 Å². The molecule has 0 spiro atoms. The van der Waals surface area contributed by atoms with E-state index in [9.17, 15) is 0 Å². The lowest BCUT2D eigenvalue weighted by molar-refractivity contribution is 0.104. The van der Waals surface area contributed by atoms with Crippen molar-refractivity contribution in [3.8, 4) is 0 Å². The lowest BCUT2D eigenvalue weighted by Crippen LogP contribution is -2.42. The van der Waals surface area contributed by atoms with Gasteiger partial charge in [-0.25, -0.2) is 4.99 Å². The monoisotopic (exact) mass is 459 g/mol. The van der Waals surface area contributed by atoms with E-state index in [2.05, 4.69) is 55.5 Å². The Morgan fingerprint density at radius 3 is 2.48 bits per heavy atom. The van der Waals surface area contributed by atoms with Crippen LogP contribution in [-0.4, -0.2) is 44.7 Å². The van der Waals surface area contributed by atoms with Gasteiger partial charge in [-0.15, -0.1) is 24.0 Å². The molecule has 0 atom stereocenters. The third-order valence-corrected chi connectivity index (χ3v) is 4.94. The first-order valence-corrected chi connectivity index (χ1v) is 9.22. The van der Waals surface area contributed by atoms with Gasteiger partial charge in [-0.05, 0) is 37.2 Å². The molecule has 4 nitrogen and oxygen atoms in total. The highest BCUT2D eigenvalue weighted by Gasteiger charge is 2.33. The van der Waals surface area contributed by atoms with Gasteiger partial charge in [-0.1, -0.05) is 43.2 Å². The molecule has 0 aromatic heterocycles. The van der Waals surface area contributed by atoms with E-state index in [0.717, 1.165) is 32.1 Å². The molecule has 2 rings (SSSR count). The SMILES string of the molecule is CCOCCC1(CNC(=NCc2ccccc2)N(C)C)CCCC1.I. The number of ether oxygens (including phenoxy) is 1. The zero-order valence-electron chi connectivity index (χ0n) is 16.0. The summed E-state index contributed by atoms with van der Waals surface area (Å²) in [6.45, 7) is 5.46. The number of aliphatic imine (C=N–C) groups is 1. The van der Waals surface area contributed by atoms with Crippen LogP contribution in [0.1, 0.15) is 44.6 Å². The van der Waals surface area contributed by atoms with Gasteiger partial charge in [0.15, 0.2) is 5.96 Å². The third-order valence-electron chi connectivity index (χ3n) is 4.94. The standard InChI is InChI=1S/C20H33N3O.HI/c1-4-24-15-14-20(12-8-9-13-20)17-22-19(23(2)3)21-16-18-10-6-5-7-11-18;/h5-7,10-11H,4,8-9,12-17H2,1-3H3,(H,21,22);1H. The number of nitrogens with zero attached hydrogens (tertiary/aromatic N) is 2. The van der Waals surface area contributed by atoms with E-state index in [1.165, 1.54) is 31.2 Å². The third kappa shape index (κ3) is 7.52. The summed E-state index contributed by atoms with van der Waals surface area (Å²) >= 11 is 0. The summed E-state index contributed by atoms with van der Waals surface area (Å²) in [4.78, 5) is 6.86. The second kappa shape index (κ2) is 11.7. The lowest BCUT2D eigenvalue weighted by atomic mass is 9.83. The molecule has 1 saturated carbocycles. The van der Waals surface area contributed by atoms with E-state index in [0.29, 0.717) is 12.0 Å². The van der Waals surface area contributed by atoms with Crippen LogP contribution in [0.3, 0.4) is 0 Å². The molecule has 1 aliphatic rings. The van der Waals surface area contributed by atoms with Crippen molar-refractivity contribution in [2.75, 3.05) is 33.9 Å². The Kier molecular flexibility index (Phi) is 10.4. The molecule has 0 radical (unpaired) electrons. The number of nitrogens with one attached hydrogen (secondary N) is 1. The highest BCUT2D eigenvalue weighted by molar-refractivity contribution is 14.0. The van der Waals surface area contributed by atoms with Gasteiger partial charge < -0.3 is 15.0 Å². The Morgan fingerprint density at radius 1 is 1.20 bits per heavy atom. The van der Waals surface area contributed by atoms with E-state index in [1.807, 2.05) is 6.07 Å². The van der Waals surface area contributed by atoms with E-state index >= 15 is 0 Å². The van der Waals surface area contributed by atoms with Crippen molar-refractivity contribution < 1.29 is 4.74 Å². The van der Waals surface area contributed by atoms with Gasteiger partial charge in [0.05, 0.1) is 6.54 Å². The molecule has 0 amide bonds. The van der Waals surface area contributed by atoms with Gasteiger partial charge in [0.2, 0.25) is 0 Å². The highest BCUT2D eigenvalue weighted by atomic mass is 127. The number of benzene rings is 1. The molecule has 142 valence electrons. The van der Waals surface area contributed by atoms with Crippen LogP contribution in [0.4, 0.5) is 0 Å². The molecule has 0 heterocycles. The smallest absolute Gasteiger partial charge is 0.193 e. The van der Waals surface area contributed by atoms with Crippen LogP contribution in [0.15, 0.2) is 35.3 Å². The number of rotatable bonds is 8. The Bertz CT molecular complexity index is 499. The molecular weight excluding hydrogens is 425 g/mol. The molecule has 0 saturated heterocycles. The summed E-state index contributed by atoms with van der Waals surface area (Å²) in [6, 6.07) is 10.4. The van der Waals surface area contributed by atoms with E-state index in [-0.39, 0.29) is 24.0 Å². The van der Waals surface area contributed by atoms with Gasteiger partial charge in [-0.2, -0.15) is 0 Å². The first-order chi connectivity index (χ1) is 11.7. The molecule has 1 aliphatic carbocycles. The average Bonchev–Trinajstić information content (AvgIpc) is 3.05. The average molecular weight is 459 g/mol. The zero-order valence-corrected chi connectivity index (χ0v) is 18.3. The quantitative estimate of drug-likeness (QED) is 0.273. The number of halogens is 1. The van der Waals surface area contributed by atoms with Crippen LogP contribution in [0, 0.1) is 5.41 Å². The largest absolute Gasteiger partial charge is 0.382 e. The fraction of sp³-hybridized carbons (Fsp3) is 0.650. The van der Waals surface area contributed by atoms with Crippen LogP contribution < -0.4 is 5.32 Å². The summed E-state index contributed by atoms with van der Waals surface area (Å²) in [7, 11) is 4.11. The van der Waals surface area contributed by atoms with Crippen molar-refractivity contribution in [3.05, 3.63) is 35.9 Å². The van der Waals surface area contributed by atoms with Crippen LogP contribution in [-0.2, 0) is 11.3 Å². The fourth-order valence-corrected chi connectivity index (χ4v) is 3.44. The Labute approximate surface area is 170 Å².